The van der Waals surface area contributed by atoms with Crippen molar-refractivity contribution in [3.05, 3.63) is 101 Å². The molecule has 4 amide bonds. The molecule has 9 rings (SSSR count). The average Bonchev–Trinajstić information content (AvgIpc) is 3.52. The van der Waals surface area contributed by atoms with E-state index in [1.54, 1.807) is 30.7 Å². The average molecular weight is 837 g/mol. The Bertz CT molecular complexity index is 2500. The highest BCUT2D eigenvalue weighted by molar-refractivity contribution is 6.23. The highest BCUT2D eigenvalue weighted by atomic mass is 16.5. The van der Waals surface area contributed by atoms with Gasteiger partial charge in [-0.15, -0.1) is 0 Å². The van der Waals surface area contributed by atoms with Crippen LogP contribution < -0.4 is 25.2 Å². The Hall–Kier alpha value is -6.40. The van der Waals surface area contributed by atoms with Crippen LogP contribution >= 0.6 is 0 Å². The SMILES string of the molecule is [C-]#[N+]c1ccc(OC2C(C)(C)C(NC(=O)c3cnc(N4CCC(CN5CCN(c6ccc7c(c6)C(=O)N(C6CCC(=C)NC6=O)C7=O)CC5)CC4)nc3)C2(C)C)c2cccnc12. The van der Waals surface area contributed by atoms with Crippen molar-refractivity contribution in [1.29, 1.82) is 0 Å². The molecule has 0 bridgehead atoms. The summed E-state index contributed by atoms with van der Waals surface area (Å²) in [6.45, 7) is 25.8. The molecule has 0 spiro atoms. The number of benzene rings is 2. The topological polar surface area (TPSA) is 158 Å². The number of amides is 4. The third-order valence-electron chi connectivity index (χ3n) is 13.8. The molecule has 4 aromatic rings. The van der Waals surface area contributed by atoms with E-state index in [1.165, 1.54) is 0 Å². The van der Waals surface area contributed by atoms with Gasteiger partial charge in [0, 0.05) is 98.0 Å². The van der Waals surface area contributed by atoms with E-state index in [0.717, 1.165) is 74.6 Å². The van der Waals surface area contributed by atoms with Crippen molar-refractivity contribution in [2.75, 3.05) is 55.6 Å². The predicted octanol–water partition coefficient (Wildman–Crippen LogP) is 5.61. The number of carbonyl (C=O) groups is 4. The molecule has 1 aliphatic carbocycles. The summed E-state index contributed by atoms with van der Waals surface area (Å²) in [5.74, 6) is 0.428. The fraction of sp³-hybridized carbons (Fsp3) is 0.447. The molecular formula is C47H52N10O5. The number of pyridine rings is 1. The maximum absolute atomic E-state index is 13.6. The van der Waals surface area contributed by atoms with Gasteiger partial charge in [0.05, 0.1) is 28.8 Å². The van der Waals surface area contributed by atoms with Gasteiger partial charge in [0.15, 0.2) is 0 Å². The van der Waals surface area contributed by atoms with Gasteiger partial charge in [-0.05, 0) is 68.0 Å². The molecule has 2 aromatic heterocycles. The molecule has 0 radical (unpaired) electrons. The van der Waals surface area contributed by atoms with Gasteiger partial charge in [0.25, 0.3) is 17.7 Å². The summed E-state index contributed by atoms with van der Waals surface area (Å²) in [6.07, 6.45) is 7.64. The molecule has 15 nitrogen and oxygen atoms in total. The first kappa shape index (κ1) is 41.0. The van der Waals surface area contributed by atoms with Crippen LogP contribution in [0.3, 0.4) is 0 Å². The van der Waals surface area contributed by atoms with E-state index in [9.17, 15) is 19.2 Å². The van der Waals surface area contributed by atoms with E-state index in [0.29, 0.717) is 64.0 Å². The zero-order valence-corrected chi connectivity index (χ0v) is 35.7. The summed E-state index contributed by atoms with van der Waals surface area (Å²) in [5, 5.41) is 6.73. The van der Waals surface area contributed by atoms with Gasteiger partial charge in [-0.2, -0.15) is 0 Å². The number of anilines is 2. The Balaban J connectivity index is 0.740. The lowest BCUT2D eigenvalue weighted by atomic mass is 9.49. The molecule has 15 heteroatoms. The summed E-state index contributed by atoms with van der Waals surface area (Å²) in [6, 6.07) is 11.8. The molecule has 5 aliphatic rings. The van der Waals surface area contributed by atoms with Crippen molar-refractivity contribution < 1.29 is 23.9 Å². The summed E-state index contributed by atoms with van der Waals surface area (Å²) in [7, 11) is 0. The Morgan fingerprint density at radius 2 is 1.61 bits per heavy atom. The van der Waals surface area contributed by atoms with Crippen LogP contribution in [0.4, 0.5) is 17.3 Å². The minimum atomic E-state index is -0.822. The molecule has 6 heterocycles. The molecule has 320 valence electrons. The number of piperazine rings is 1. The normalized spacial score (nSPS) is 23.7. The van der Waals surface area contributed by atoms with Crippen molar-refractivity contribution >= 4 is 51.9 Å². The first-order chi connectivity index (χ1) is 29.7. The van der Waals surface area contributed by atoms with Crippen molar-refractivity contribution in [3.63, 3.8) is 0 Å². The van der Waals surface area contributed by atoms with Crippen molar-refractivity contribution in [1.82, 2.24) is 35.4 Å². The van der Waals surface area contributed by atoms with Crippen molar-refractivity contribution in [2.45, 2.75) is 71.6 Å². The maximum Gasteiger partial charge on any atom is 0.262 e. The molecule has 3 saturated heterocycles. The largest absolute Gasteiger partial charge is 0.489 e. The van der Waals surface area contributed by atoms with Crippen LogP contribution in [0.1, 0.15) is 84.5 Å². The number of aromatic nitrogens is 3. The van der Waals surface area contributed by atoms with E-state index in [2.05, 4.69) is 79.4 Å². The zero-order valence-electron chi connectivity index (χ0n) is 35.7. The van der Waals surface area contributed by atoms with Gasteiger partial charge in [0.1, 0.15) is 17.9 Å². The summed E-state index contributed by atoms with van der Waals surface area (Å²) in [5.41, 5.74) is 2.94. The van der Waals surface area contributed by atoms with E-state index in [4.69, 9.17) is 11.3 Å². The molecule has 1 atom stereocenters. The van der Waals surface area contributed by atoms with E-state index >= 15 is 0 Å². The van der Waals surface area contributed by atoms with E-state index in [1.807, 2.05) is 30.3 Å². The molecule has 62 heavy (non-hydrogen) atoms. The number of nitrogens with zero attached hydrogens (tertiary/aromatic N) is 8. The first-order valence-electron chi connectivity index (χ1n) is 21.5. The highest BCUT2D eigenvalue weighted by Gasteiger charge is 2.64. The van der Waals surface area contributed by atoms with Gasteiger partial charge < -0.3 is 25.2 Å². The third-order valence-corrected chi connectivity index (χ3v) is 13.8. The Labute approximate surface area is 361 Å². The number of hydrogen-bond donors (Lipinski definition) is 2. The number of carbonyl (C=O) groups excluding carboxylic acids is 4. The predicted molar refractivity (Wildman–Crippen MR) is 234 cm³/mol. The van der Waals surface area contributed by atoms with Crippen LogP contribution in [-0.4, -0.2) is 112 Å². The van der Waals surface area contributed by atoms with Crippen LogP contribution in [0.5, 0.6) is 5.75 Å². The Morgan fingerprint density at radius 1 is 0.903 bits per heavy atom. The summed E-state index contributed by atoms with van der Waals surface area (Å²) < 4.78 is 6.65. The van der Waals surface area contributed by atoms with Crippen LogP contribution in [0.15, 0.2) is 73.3 Å². The minimum absolute atomic E-state index is 0.177. The third kappa shape index (κ3) is 7.19. The van der Waals surface area contributed by atoms with Gasteiger partial charge in [-0.25, -0.2) is 14.8 Å². The summed E-state index contributed by atoms with van der Waals surface area (Å²) in [4.78, 5) is 78.2. The number of nitrogens with one attached hydrogen (secondary N) is 2. The molecule has 2 aromatic carbocycles. The molecule has 4 aliphatic heterocycles. The number of rotatable bonds is 9. The van der Waals surface area contributed by atoms with Gasteiger partial charge >= 0.3 is 0 Å². The number of ether oxygens (including phenoxy) is 1. The number of allylic oxidation sites excluding steroid dienone is 1. The fourth-order valence-corrected chi connectivity index (χ4v) is 10.7. The Kier molecular flexibility index (Phi) is 10.5. The van der Waals surface area contributed by atoms with Gasteiger partial charge in [-0.3, -0.25) is 34.0 Å². The zero-order chi connectivity index (χ0) is 43.5. The lowest BCUT2D eigenvalue weighted by Crippen LogP contribution is -2.74. The van der Waals surface area contributed by atoms with Crippen LogP contribution in [0.2, 0.25) is 0 Å². The van der Waals surface area contributed by atoms with Crippen LogP contribution in [-0.2, 0) is 4.79 Å². The van der Waals surface area contributed by atoms with Gasteiger partial charge in [-0.1, -0.05) is 40.3 Å². The monoisotopic (exact) mass is 836 g/mol. The van der Waals surface area contributed by atoms with Crippen molar-refractivity contribution in [3.8, 4) is 5.75 Å². The molecular weight excluding hydrogens is 785 g/mol. The quantitative estimate of drug-likeness (QED) is 0.160. The number of fused-ring (bicyclic) bond motifs is 2. The molecule has 2 N–H and O–H groups in total. The second-order valence-corrected chi connectivity index (χ2v) is 18.5. The van der Waals surface area contributed by atoms with Crippen LogP contribution in [0.25, 0.3) is 15.7 Å². The number of hydrogen-bond acceptors (Lipinski definition) is 11. The van der Waals surface area contributed by atoms with Crippen molar-refractivity contribution in [2.24, 2.45) is 16.7 Å². The highest BCUT2D eigenvalue weighted by Crippen LogP contribution is 2.56. The van der Waals surface area contributed by atoms with Gasteiger partial charge in [0.2, 0.25) is 17.5 Å². The number of piperidine rings is 2. The second-order valence-electron chi connectivity index (χ2n) is 18.5. The summed E-state index contributed by atoms with van der Waals surface area (Å²) >= 11 is 0. The first-order valence-corrected chi connectivity index (χ1v) is 21.5. The standard InChI is InChI=1S/C47H52N10O5/c1-28-9-13-36(40(59)52-28)57-41(60)32-11-10-31(24-34(32)42(57)61)55-22-20-54(21-23-55)27-29-15-18-56(19-16-29)45-50-25-30(26-51-45)39(58)53-43-46(2,3)44(47(43,4)5)62-37-14-12-35(48-6)38-33(37)8-7-17-49-38/h7-8,10-12,14,17,24-26,29,36,43-44H,1,9,13,15-16,18-23,27H2,2-5H3,(H,52,59)(H,53,58). The van der Waals surface area contributed by atoms with E-state index in [-0.39, 0.29) is 24.0 Å². The van der Waals surface area contributed by atoms with E-state index < -0.39 is 28.7 Å². The Morgan fingerprint density at radius 3 is 2.31 bits per heavy atom. The fourth-order valence-electron chi connectivity index (χ4n) is 10.7. The lowest BCUT2D eigenvalue weighted by molar-refractivity contribution is -0.163. The number of imide groups is 1. The molecule has 1 unspecified atom stereocenters. The maximum atomic E-state index is 13.6. The second kappa shape index (κ2) is 15.8. The minimum Gasteiger partial charge on any atom is -0.489 e. The smallest absolute Gasteiger partial charge is 0.262 e. The molecule has 1 saturated carbocycles. The lowest BCUT2D eigenvalue weighted by Gasteiger charge is -2.63. The molecule has 4 fully saturated rings. The van der Waals surface area contributed by atoms with Crippen LogP contribution in [0, 0.1) is 23.3 Å².